The SMILES string of the molecule is COC[C@@H]1CCCN1C[C@H]1C[C@@H](c2ccc(CO)cc2)O[C@@H](c2cccc(-c3cccc(CNC(=O)c4ccccc4)c3)c2)O1. The number of carbonyl (C=O) groups is 1. The second-order valence-corrected chi connectivity index (χ2v) is 12.0. The third kappa shape index (κ3) is 7.87. The van der Waals surface area contributed by atoms with Gasteiger partial charge < -0.3 is 24.6 Å². The van der Waals surface area contributed by atoms with E-state index >= 15 is 0 Å². The van der Waals surface area contributed by atoms with Gasteiger partial charge in [-0.1, -0.05) is 78.9 Å². The standard InChI is InChI=1S/C38H42N2O5/c1-43-26-34-14-7-19-40(34)24-35-22-36(29-17-15-27(25-41)16-18-29)45-38(44-35)33-13-6-12-32(21-33)31-11-5-8-28(20-31)23-39-37(42)30-9-3-2-4-10-30/h2-6,8-13,15-18,20-21,34-36,38,41H,7,14,19,22-26H2,1H3,(H,39,42)/t34-,35+,36-,38-/m0/s1. The molecule has 0 saturated carbocycles. The molecule has 234 valence electrons. The number of methoxy groups -OCH3 is 1. The Labute approximate surface area is 265 Å². The zero-order valence-corrected chi connectivity index (χ0v) is 25.8. The van der Waals surface area contributed by atoms with Crippen molar-refractivity contribution < 1.29 is 24.1 Å². The Balaban J connectivity index is 1.20. The number of hydrogen-bond donors (Lipinski definition) is 2. The zero-order chi connectivity index (χ0) is 31.0. The molecular weight excluding hydrogens is 564 g/mol. The highest BCUT2D eigenvalue weighted by atomic mass is 16.7. The van der Waals surface area contributed by atoms with E-state index in [0.29, 0.717) is 18.2 Å². The maximum atomic E-state index is 12.6. The summed E-state index contributed by atoms with van der Waals surface area (Å²) in [5.74, 6) is -0.0906. The molecule has 2 saturated heterocycles. The predicted octanol–water partition coefficient (Wildman–Crippen LogP) is 6.43. The number of carbonyl (C=O) groups excluding carboxylic acids is 1. The van der Waals surface area contributed by atoms with Gasteiger partial charge in [0.25, 0.3) is 5.91 Å². The summed E-state index contributed by atoms with van der Waals surface area (Å²) in [6.07, 6.45) is 2.40. The van der Waals surface area contributed by atoms with Crippen molar-refractivity contribution in [3.63, 3.8) is 0 Å². The third-order valence-corrected chi connectivity index (χ3v) is 8.82. The first-order chi connectivity index (χ1) is 22.1. The molecule has 0 unspecified atom stereocenters. The molecule has 7 heteroatoms. The Morgan fingerprint density at radius 2 is 1.67 bits per heavy atom. The molecule has 2 fully saturated rings. The fourth-order valence-corrected chi connectivity index (χ4v) is 6.41. The minimum absolute atomic E-state index is 0.0102. The number of nitrogens with zero attached hydrogens (tertiary/aromatic N) is 1. The van der Waals surface area contributed by atoms with Gasteiger partial charge in [0.05, 0.1) is 25.4 Å². The van der Waals surface area contributed by atoms with Gasteiger partial charge in [-0.25, -0.2) is 0 Å². The maximum absolute atomic E-state index is 12.6. The Kier molecular flexibility index (Phi) is 10.4. The number of aliphatic hydroxyl groups is 1. The molecule has 0 aromatic heterocycles. The van der Waals surface area contributed by atoms with Gasteiger partial charge in [0, 0.05) is 43.8 Å². The van der Waals surface area contributed by atoms with E-state index in [1.165, 1.54) is 6.42 Å². The molecule has 7 nitrogen and oxygen atoms in total. The van der Waals surface area contributed by atoms with Crippen LogP contribution in [0.25, 0.3) is 11.1 Å². The van der Waals surface area contributed by atoms with Crippen LogP contribution in [0.2, 0.25) is 0 Å². The van der Waals surface area contributed by atoms with Gasteiger partial charge in [-0.3, -0.25) is 9.69 Å². The lowest BCUT2D eigenvalue weighted by molar-refractivity contribution is -0.253. The molecule has 4 atom stereocenters. The summed E-state index contributed by atoms with van der Waals surface area (Å²) in [6, 6.07) is 34.3. The van der Waals surface area contributed by atoms with E-state index in [0.717, 1.165) is 65.9 Å². The zero-order valence-electron chi connectivity index (χ0n) is 25.8. The monoisotopic (exact) mass is 606 g/mol. The van der Waals surface area contributed by atoms with Crippen LogP contribution in [0, 0.1) is 0 Å². The summed E-state index contributed by atoms with van der Waals surface area (Å²) >= 11 is 0. The Bertz CT molecular complexity index is 1540. The predicted molar refractivity (Wildman–Crippen MR) is 174 cm³/mol. The molecule has 2 aliphatic heterocycles. The minimum atomic E-state index is -0.525. The highest BCUT2D eigenvalue weighted by molar-refractivity contribution is 5.94. The molecule has 0 aliphatic carbocycles. The van der Waals surface area contributed by atoms with Gasteiger partial charge in [0.2, 0.25) is 0 Å². The summed E-state index contributed by atoms with van der Waals surface area (Å²) in [6.45, 7) is 3.07. The van der Waals surface area contributed by atoms with Crippen LogP contribution in [0.5, 0.6) is 0 Å². The van der Waals surface area contributed by atoms with E-state index in [1.807, 2.05) is 60.7 Å². The number of rotatable bonds is 11. The molecule has 4 aromatic carbocycles. The first kappa shape index (κ1) is 31.1. The molecule has 0 spiro atoms. The van der Waals surface area contributed by atoms with E-state index in [2.05, 4.69) is 52.7 Å². The fraction of sp³-hybridized carbons (Fsp3) is 0.342. The van der Waals surface area contributed by atoms with Gasteiger partial charge in [-0.05, 0) is 71.5 Å². The van der Waals surface area contributed by atoms with Gasteiger partial charge in [0.15, 0.2) is 6.29 Å². The van der Waals surface area contributed by atoms with Crippen molar-refractivity contribution in [1.29, 1.82) is 0 Å². The molecule has 2 heterocycles. The number of aliphatic hydroxyl groups excluding tert-OH is 1. The largest absolute Gasteiger partial charge is 0.392 e. The van der Waals surface area contributed by atoms with Gasteiger partial charge in [0.1, 0.15) is 0 Å². The second kappa shape index (κ2) is 15.0. The highest BCUT2D eigenvalue weighted by Crippen LogP contribution is 2.39. The van der Waals surface area contributed by atoms with Crippen molar-refractivity contribution in [2.45, 2.75) is 57.0 Å². The smallest absolute Gasteiger partial charge is 0.251 e. The number of ether oxygens (including phenoxy) is 3. The number of likely N-dealkylation sites (tertiary alicyclic amines) is 1. The van der Waals surface area contributed by atoms with E-state index in [4.69, 9.17) is 14.2 Å². The fourth-order valence-electron chi connectivity index (χ4n) is 6.41. The Morgan fingerprint density at radius 3 is 2.44 bits per heavy atom. The summed E-state index contributed by atoms with van der Waals surface area (Å²) in [5.41, 5.74) is 6.72. The summed E-state index contributed by atoms with van der Waals surface area (Å²) < 4.78 is 18.8. The van der Waals surface area contributed by atoms with Crippen LogP contribution >= 0.6 is 0 Å². The van der Waals surface area contributed by atoms with E-state index in [1.54, 1.807) is 7.11 Å². The normalized spacial score (nSPS) is 21.9. The van der Waals surface area contributed by atoms with Crippen LogP contribution in [-0.4, -0.2) is 54.9 Å². The minimum Gasteiger partial charge on any atom is -0.392 e. The van der Waals surface area contributed by atoms with Crippen molar-refractivity contribution in [3.8, 4) is 11.1 Å². The van der Waals surface area contributed by atoms with Crippen molar-refractivity contribution >= 4 is 5.91 Å². The molecular formula is C38H42N2O5. The van der Waals surface area contributed by atoms with Gasteiger partial charge in [-0.2, -0.15) is 0 Å². The number of nitrogens with one attached hydrogen (secondary N) is 1. The third-order valence-electron chi connectivity index (χ3n) is 8.82. The second-order valence-electron chi connectivity index (χ2n) is 12.0. The lowest BCUT2D eigenvalue weighted by atomic mass is 9.98. The van der Waals surface area contributed by atoms with Crippen molar-refractivity contribution in [2.24, 2.45) is 0 Å². The van der Waals surface area contributed by atoms with Crippen LogP contribution in [-0.2, 0) is 27.4 Å². The van der Waals surface area contributed by atoms with Crippen molar-refractivity contribution in [1.82, 2.24) is 10.2 Å². The molecule has 6 rings (SSSR count). The average Bonchev–Trinajstić information content (AvgIpc) is 3.54. The molecule has 0 bridgehead atoms. The molecule has 2 aliphatic rings. The maximum Gasteiger partial charge on any atom is 0.251 e. The lowest BCUT2D eigenvalue weighted by Crippen LogP contribution is -2.42. The van der Waals surface area contributed by atoms with Crippen LogP contribution in [0.1, 0.15) is 64.3 Å². The van der Waals surface area contributed by atoms with E-state index < -0.39 is 6.29 Å². The molecule has 1 amide bonds. The van der Waals surface area contributed by atoms with Crippen molar-refractivity contribution in [3.05, 3.63) is 131 Å². The number of hydrogen-bond acceptors (Lipinski definition) is 6. The average molecular weight is 607 g/mol. The van der Waals surface area contributed by atoms with Crippen LogP contribution < -0.4 is 5.32 Å². The Hall–Kier alpha value is -3.85. The van der Waals surface area contributed by atoms with Crippen LogP contribution in [0.15, 0.2) is 103 Å². The van der Waals surface area contributed by atoms with Crippen LogP contribution in [0.3, 0.4) is 0 Å². The van der Waals surface area contributed by atoms with E-state index in [9.17, 15) is 9.90 Å². The topological polar surface area (TPSA) is 80.3 Å². The summed E-state index contributed by atoms with van der Waals surface area (Å²) in [5, 5.41) is 12.6. The highest BCUT2D eigenvalue weighted by Gasteiger charge is 2.35. The Morgan fingerprint density at radius 1 is 0.889 bits per heavy atom. The van der Waals surface area contributed by atoms with Gasteiger partial charge >= 0.3 is 0 Å². The summed E-state index contributed by atoms with van der Waals surface area (Å²) in [7, 11) is 1.77. The molecule has 0 radical (unpaired) electrons. The van der Waals surface area contributed by atoms with Crippen LogP contribution in [0.4, 0.5) is 0 Å². The summed E-state index contributed by atoms with van der Waals surface area (Å²) in [4.78, 5) is 15.1. The first-order valence-corrected chi connectivity index (χ1v) is 15.9. The molecule has 2 N–H and O–H groups in total. The quantitative estimate of drug-likeness (QED) is 0.205. The van der Waals surface area contributed by atoms with Gasteiger partial charge in [-0.15, -0.1) is 0 Å². The van der Waals surface area contributed by atoms with Crippen molar-refractivity contribution in [2.75, 3.05) is 26.8 Å². The van der Waals surface area contributed by atoms with E-state index in [-0.39, 0.29) is 24.7 Å². The number of benzene rings is 4. The molecule has 45 heavy (non-hydrogen) atoms. The number of amides is 1. The molecule has 4 aromatic rings. The first-order valence-electron chi connectivity index (χ1n) is 15.9. The lowest BCUT2D eigenvalue weighted by Gasteiger charge is -2.39.